The Labute approximate surface area is 111 Å². The first-order valence-corrected chi connectivity index (χ1v) is 6.49. The van der Waals surface area contributed by atoms with E-state index >= 15 is 0 Å². The average Bonchev–Trinajstić information content (AvgIpc) is 3.20. The smallest absolute Gasteiger partial charge is 0.166 e. The van der Waals surface area contributed by atoms with Gasteiger partial charge < -0.3 is 0 Å². The van der Waals surface area contributed by atoms with Gasteiger partial charge in [0.25, 0.3) is 0 Å². The topological polar surface area (TPSA) is 17.1 Å². The number of carbonyl (C=O) groups is 1. The summed E-state index contributed by atoms with van der Waals surface area (Å²) in [5, 5.41) is 0.769. The highest BCUT2D eigenvalue weighted by Gasteiger charge is 2.44. The standard InChI is InChI=1S/C16H13ClO/c17-15-9-5-4-8-12(15)13-10-14(13)16(18)11-6-2-1-3-7-11/h1-9,13-14H,10H2/t13-,14+/m1/s1. The number of hydrogen-bond donors (Lipinski definition) is 0. The van der Waals surface area contributed by atoms with Crippen LogP contribution in [0.4, 0.5) is 0 Å². The summed E-state index contributed by atoms with van der Waals surface area (Å²) in [5.74, 6) is 0.638. The molecule has 0 heterocycles. The molecular formula is C16H13ClO. The van der Waals surface area contributed by atoms with Crippen LogP contribution in [0, 0.1) is 5.92 Å². The molecule has 2 aromatic carbocycles. The lowest BCUT2D eigenvalue weighted by Gasteiger charge is -2.03. The lowest BCUT2D eigenvalue weighted by atomic mass is 10.0. The van der Waals surface area contributed by atoms with Crippen LogP contribution in [0.25, 0.3) is 0 Å². The zero-order valence-corrected chi connectivity index (χ0v) is 10.6. The van der Waals surface area contributed by atoms with Crippen molar-refractivity contribution in [2.75, 3.05) is 0 Å². The SMILES string of the molecule is O=C(c1ccccc1)[C@H]1C[C@@H]1c1ccccc1Cl. The summed E-state index contributed by atoms with van der Waals surface area (Å²) in [6.07, 6.45) is 0.914. The monoisotopic (exact) mass is 256 g/mol. The fourth-order valence-corrected chi connectivity index (χ4v) is 2.70. The molecule has 1 fully saturated rings. The van der Waals surface area contributed by atoms with Gasteiger partial charge in [-0.3, -0.25) is 4.79 Å². The summed E-state index contributed by atoms with van der Waals surface area (Å²) in [6, 6.07) is 17.3. The summed E-state index contributed by atoms with van der Waals surface area (Å²) in [4.78, 5) is 12.3. The van der Waals surface area contributed by atoms with Gasteiger partial charge in [0.15, 0.2) is 5.78 Å². The zero-order chi connectivity index (χ0) is 12.5. The van der Waals surface area contributed by atoms with Gasteiger partial charge in [0.1, 0.15) is 0 Å². The molecule has 3 rings (SSSR count). The van der Waals surface area contributed by atoms with Gasteiger partial charge in [-0.05, 0) is 24.0 Å². The highest BCUT2D eigenvalue weighted by molar-refractivity contribution is 6.31. The van der Waals surface area contributed by atoms with Crippen LogP contribution in [0.2, 0.25) is 5.02 Å². The Balaban J connectivity index is 1.79. The van der Waals surface area contributed by atoms with Crippen LogP contribution < -0.4 is 0 Å². The molecule has 1 aliphatic rings. The van der Waals surface area contributed by atoms with Crippen molar-refractivity contribution in [2.24, 2.45) is 5.92 Å². The molecule has 18 heavy (non-hydrogen) atoms. The van der Waals surface area contributed by atoms with Crippen molar-refractivity contribution in [2.45, 2.75) is 12.3 Å². The number of carbonyl (C=O) groups excluding carboxylic acids is 1. The first kappa shape index (κ1) is 11.5. The molecule has 0 N–H and O–H groups in total. The van der Waals surface area contributed by atoms with Gasteiger partial charge in [0, 0.05) is 16.5 Å². The number of rotatable bonds is 3. The van der Waals surface area contributed by atoms with E-state index in [1.54, 1.807) is 0 Å². The van der Waals surface area contributed by atoms with Crippen LogP contribution >= 0.6 is 11.6 Å². The van der Waals surface area contributed by atoms with E-state index in [4.69, 9.17) is 11.6 Å². The molecule has 0 radical (unpaired) electrons. The number of ketones is 1. The van der Waals surface area contributed by atoms with Gasteiger partial charge in [0.2, 0.25) is 0 Å². The fraction of sp³-hybridized carbons (Fsp3) is 0.188. The number of benzene rings is 2. The van der Waals surface area contributed by atoms with E-state index in [0.29, 0.717) is 5.92 Å². The van der Waals surface area contributed by atoms with Gasteiger partial charge in [-0.15, -0.1) is 0 Å². The lowest BCUT2D eigenvalue weighted by molar-refractivity contribution is 0.0965. The molecule has 1 aliphatic carbocycles. The molecule has 0 aromatic heterocycles. The van der Waals surface area contributed by atoms with Crippen LogP contribution in [-0.4, -0.2) is 5.78 Å². The van der Waals surface area contributed by atoms with Crippen LogP contribution in [0.1, 0.15) is 28.3 Å². The molecule has 0 amide bonds. The van der Waals surface area contributed by atoms with E-state index in [2.05, 4.69) is 0 Å². The minimum atomic E-state index is 0.104. The quantitative estimate of drug-likeness (QED) is 0.747. The molecule has 1 saturated carbocycles. The summed E-state index contributed by atoms with van der Waals surface area (Å²) in [7, 11) is 0. The predicted octanol–water partition coefficient (Wildman–Crippen LogP) is 4.33. The van der Waals surface area contributed by atoms with Gasteiger partial charge in [-0.2, -0.15) is 0 Å². The maximum Gasteiger partial charge on any atom is 0.166 e. The Morgan fingerprint density at radius 1 is 1.00 bits per heavy atom. The molecule has 90 valence electrons. The van der Waals surface area contributed by atoms with Crippen molar-refractivity contribution in [3.05, 3.63) is 70.7 Å². The van der Waals surface area contributed by atoms with E-state index in [-0.39, 0.29) is 11.7 Å². The number of hydrogen-bond acceptors (Lipinski definition) is 1. The molecule has 2 atom stereocenters. The minimum absolute atomic E-state index is 0.104. The van der Waals surface area contributed by atoms with Crippen molar-refractivity contribution in [3.63, 3.8) is 0 Å². The largest absolute Gasteiger partial charge is 0.294 e. The van der Waals surface area contributed by atoms with E-state index in [1.807, 2.05) is 54.6 Å². The second-order valence-corrected chi connectivity index (χ2v) is 5.11. The number of halogens is 1. The summed E-state index contributed by atoms with van der Waals surface area (Å²) < 4.78 is 0. The summed E-state index contributed by atoms with van der Waals surface area (Å²) in [5.41, 5.74) is 1.91. The van der Waals surface area contributed by atoms with E-state index < -0.39 is 0 Å². The Morgan fingerprint density at radius 2 is 1.67 bits per heavy atom. The first-order valence-electron chi connectivity index (χ1n) is 6.11. The lowest BCUT2D eigenvalue weighted by Crippen LogP contribution is -2.02. The van der Waals surface area contributed by atoms with Crippen LogP contribution in [-0.2, 0) is 0 Å². The molecular weight excluding hydrogens is 244 g/mol. The maximum absolute atomic E-state index is 12.3. The third-order valence-corrected chi connectivity index (χ3v) is 3.83. The highest BCUT2D eigenvalue weighted by atomic mass is 35.5. The predicted molar refractivity (Wildman–Crippen MR) is 73.1 cm³/mol. The molecule has 0 bridgehead atoms. The van der Waals surface area contributed by atoms with Crippen molar-refractivity contribution < 1.29 is 4.79 Å². The van der Waals surface area contributed by atoms with Gasteiger partial charge in [-0.25, -0.2) is 0 Å². The van der Waals surface area contributed by atoms with Crippen LogP contribution in [0.15, 0.2) is 54.6 Å². The third kappa shape index (κ3) is 2.06. The van der Waals surface area contributed by atoms with Crippen molar-refractivity contribution in [3.8, 4) is 0 Å². The second-order valence-electron chi connectivity index (χ2n) is 4.70. The second kappa shape index (κ2) is 4.58. The molecule has 2 heteroatoms. The normalized spacial score (nSPS) is 21.6. The maximum atomic E-state index is 12.3. The van der Waals surface area contributed by atoms with Gasteiger partial charge >= 0.3 is 0 Å². The Hall–Kier alpha value is -1.60. The van der Waals surface area contributed by atoms with Crippen molar-refractivity contribution >= 4 is 17.4 Å². The Kier molecular flexibility index (Phi) is 2.92. The van der Waals surface area contributed by atoms with Gasteiger partial charge in [-0.1, -0.05) is 60.1 Å². The summed E-state index contributed by atoms with van der Waals surface area (Å²) in [6.45, 7) is 0. The summed E-state index contributed by atoms with van der Waals surface area (Å²) >= 11 is 6.16. The van der Waals surface area contributed by atoms with Crippen LogP contribution in [0.5, 0.6) is 0 Å². The zero-order valence-electron chi connectivity index (χ0n) is 9.84. The molecule has 2 aromatic rings. The van der Waals surface area contributed by atoms with Crippen LogP contribution in [0.3, 0.4) is 0 Å². The molecule has 0 spiro atoms. The molecule has 0 unspecified atom stereocenters. The highest BCUT2D eigenvalue weighted by Crippen LogP contribution is 2.50. The Morgan fingerprint density at radius 3 is 2.39 bits per heavy atom. The molecule has 1 nitrogen and oxygen atoms in total. The van der Waals surface area contributed by atoms with E-state index in [1.165, 1.54) is 0 Å². The first-order chi connectivity index (χ1) is 8.77. The van der Waals surface area contributed by atoms with Crippen molar-refractivity contribution in [1.82, 2.24) is 0 Å². The Bertz CT molecular complexity index is 577. The fourth-order valence-electron chi connectivity index (χ4n) is 2.42. The van der Waals surface area contributed by atoms with Gasteiger partial charge in [0.05, 0.1) is 0 Å². The third-order valence-electron chi connectivity index (χ3n) is 3.49. The van der Waals surface area contributed by atoms with Crippen molar-refractivity contribution in [1.29, 1.82) is 0 Å². The molecule has 0 saturated heterocycles. The minimum Gasteiger partial charge on any atom is -0.294 e. The average molecular weight is 257 g/mol. The molecule has 0 aliphatic heterocycles. The number of Topliss-reactive ketones (excluding diaryl/α,β-unsaturated/α-hetero) is 1. The van der Waals surface area contributed by atoms with E-state index in [0.717, 1.165) is 22.6 Å². The van der Waals surface area contributed by atoms with E-state index in [9.17, 15) is 4.79 Å².